The fourth-order valence-electron chi connectivity index (χ4n) is 3.07. The molecule has 0 unspecified atom stereocenters. The number of hydrogen-bond acceptors (Lipinski definition) is 7. The molecular formula is C17H23N3O3S. The minimum absolute atomic E-state index is 0.0455. The molecule has 1 saturated carbocycles. The fourth-order valence-corrected chi connectivity index (χ4v) is 4.11. The van der Waals surface area contributed by atoms with E-state index in [2.05, 4.69) is 15.3 Å². The summed E-state index contributed by atoms with van der Waals surface area (Å²) < 4.78 is 5.70. The Morgan fingerprint density at radius 3 is 2.92 bits per heavy atom. The van der Waals surface area contributed by atoms with Gasteiger partial charge in [0.05, 0.1) is 5.39 Å². The Kier molecular flexibility index (Phi) is 5.63. The highest BCUT2D eigenvalue weighted by molar-refractivity contribution is 7.20. The Morgan fingerprint density at radius 1 is 1.38 bits per heavy atom. The monoisotopic (exact) mass is 349 g/mol. The van der Waals surface area contributed by atoms with Crippen LogP contribution in [-0.2, 0) is 4.74 Å². The first kappa shape index (κ1) is 17.1. The van der Waals surface area contributed by atoms with E-state index in [1.54, 1.807) is 0 Å². The highest BCUT2D eigenvalue weighted by Crippen LogP contribution is 2.34. The molecule has 0 spiro atoms. The maximum absolute atomic E-state index is 12.6. The zero-order valence-electron chi connectivity index (χ0n) is 13.9. The molecule has 24 heavy (non-hydrogen) atoms. The molecule has 2 aromatic rings. The molecule has 0 aliphatic heterocycles. The Hall–Kier alpha value is -1.73. The summed E-state index contributed by atoms with van der Waals surface area (Å²) in [5.41, 5.74) is 0.864. The molecule has 0 bridgehead atoms. The summed E-state index contributed by atoms with van der Waals surface area (Å²) in [6, 6.07) is 0. The molecule has 130 valence electrons. The summed E-state index contributed by atoms with van der Waals surface area (Å²) in [7, 11) is 0. The first-order chi connectivity index (χ1) is 11.7. The zero-order chi connectivity index (χ0) is 16.9. The van der Waals surface area contributed by atoms with Gasteiger partial charge in [0.2, 0.25) is 0 Å². The van der Waals surface area contributed by atoms with Crippen LogP contribution in [0, 0.1) is 6.92 Å². The predicted octanol–water partition coefficient (Wildman–Crippen LogP) is 3.28. The second kappa shape index (κ2) is 7.90. The number of ether oxygens (including phenoxy) is 1. The number of aromatic nitrogens is 2. The number of nitrogens with zero attached hydrogens (tertiary/aromatic N) is 2. The van der Waals surface area contributed by atoms with Gasteiger partial charge in [-0.3, -0.25) is 0 Å². The third-order valence-electron chi connectivity index (χ3n) is 4.37. The lowest BCUT2D eigenvalue weighted by Gasteiger charge is -2.21. The Labute approximate surface area is 145 Å². The summed E-state index contributed by atoms with van der Waals surface area (Å²) in [6.45, 7) is 2.67. The quantitative estimate of drug-likeness (QED) is 0.615. The number of hydrogen-bond donors (Lipinski definition) is 2. The SMILES string of the molecule is Cc1c(C(=O)OC2CCCCC2)sc2ncnc(NCCCO)c12. The van der Waals surface area contributed by atoms with Gasteiger partial charge in [0.25, 0.3) is 0 Å². The maximum Gasteiger partial charge on any atom is 0.348 e. The van der Waals surface area contributed by atoms with Crippen LogP contribution in [0.1, 0.15) is 53.8 Å². The van der Waals surface area contributed by atoms with E-state index in [-0.39, 0.29) is 18.7 Å². The van der Waals surface area contributed by atoms with Gasteiger partial charge in [-0.25, -0.2) is 14.8 Å². The molecule has 0 saturated heterocycles. The van der Waals surface area contributed by atoms with Crippen LogP contribution < -0.4 is 5.32 Å². The zero-order valence-corrected chi connectivity index (χ0v) is 14.7. The number of carbonyl (C=O) groups is 1. The Bertz CT molecular complexity index is 710. The van der Waals surface area contributed by atoms with Crippen molar-refractivity contribution in [2.75, 3.05) is 18.5 Å². The summed E-state index contributed by atoms with van der Waals surface area (Å²) in [4.78, 5) is 22.5. The molecule has 1 aliphatic rings. The fraction of sp³-hybridized carbons (Fsp3) is 0.588. The lowest BCUT2D eigenvalue weighted by atomic mass is 9.98. The second-order valence-corrected chi connectivity index (χ2v) is 7.13. The first-order valence-corrected chi connectivity index (χ1v) is 9.32. The molecule has 7 heteroatoms. The average molecular weight is 349 g/mol. The van der Waals surface area contributed by atoms with E-state index in [1.165, 1.54) is 24.1 Å². The van der Waals surface area contributed by atoms with Crippen molar-refractivity contribution < 1.29 is 14.6 Å². The smallest absolute Gasteiger partial charge is 0.348 e. The summed E-state index contributed by atoms with van der Waals surface area (Å²) in [5, 5.41) is 13.0. The van der Waals surface area contributed by atoms with Crippen molar-refractivity contribution in [3.63, 3.8) is 0 Å². The predicted molar refractivity (Wildman–Crippen MR) is 94.6 cm³/mol. The minimum Gasteiger partial charge on any atom is -0.458 e. The number of aliphatic hydroxyl groups is 1. The summed E-state index contributed by atoms with van der Waals surface area (Å²) in [5.74, 6) is 0.461. The van der Waals surface area contributed by atoms with Crippen molar-refractivity contribution in [3.05, 3.63) is 16.8 Å². The van der Waals surface area contributed by atoms with Crippen molar-refractivity contribution in [1.82, 2.24) is 9.97 Å². The standard InChI is InChI=1S/C17H23N3O3S/c1-11-13-15(18-8-5-9-21)19-10-20-16(13)24-14(11)17(22)23-12-6-3-2-4-7-12/h10,12,21H,2-9H2,1H3,(H,18,19,20). The van der Waals surface area contributed by atoms with E-state index in [9.17, 15) is 4.79 Å². The van der Waals surface area contributed by atoms with Crippen LogP contribution >= 0.6 is 11.3 Å². The normalized spacial score (nSPS) is 15.6. The molecule has 2 aromatic heterocycles. The van der Waals surface area contributed by atoms with E-state index in [4.69, 9.17) is 9.84 Å². The molecular weight excluding hydrogens is 326 g/mol. The van der Waals surface area contributed by atoms with E-state index in [0.717, 1.165) is 41.5 Å². The van der Waals surface area contributed by atoms with Crippen molar-refractivity contribution in [2.45, 2.75) is 51.6 Å². The molecule has 0 amide bonds. The molecule has 3 rings (SSSR count). The minimum atomic E-state index is -0.247. The first-order valence-electron chi connectivity index (χ1n) is 8.50. The van der Waals surface area contributed by atoms with Gasteiger partial charge < -0.3 is 15.2 Å². The van der Waals surface area contributed by atoms with Crippen LogP contribution in [-0.4, -0.2) is 40.3 Å². The van der Waals surface area contributed by atoms with Crippen LogP contribution in [0.3, 0.4) is 0 Å². The summed E-state index contributed by atoms with van der Waals surface area (Å²) in [6.07, 6.45) is 7.60. The number of aliphatic hydroxyl groups excluding tert-OH is 1. The third-order valence-corrected chi connectivity index (χ3v) is 5.55. The van der Waals surface area contributed by atoms with E-state index >= 15 is 0 Å². The molecule has 1 aliphatic carbocycles. The molecule has 0 radical (unpaired) electrons. The van der Waals surface area contributed by atoms with Crippen LogP contribution in [0.4, 0.5) is 5.82 Å². The highest BCUT2D eigenvalue weighted by atomic mass is 32.1. The largest absolute Gasteiger partial charge is 0.458 e. The number of fused-ring (bicyclic) bond motifs is 1. The Balaban J connectivity index is 1.82. The van der Waals surface area contributed by atoms with Gasteiger partial charge in [-0.15, -0.1) is 11.3 Å². The van der Waals surface area contributed by atoms with Gasteiger partial charge in [0.15, 0.2) is 0 Å². The molecule has 2 N–H and O–H groups in total. The maximum atomic E-state index is 12.6. The molecule has 6 nitrogen and oxygen atoms in total. The second-order valence-electron chi connectivity index (χ2n) is 6.13. The summed E-state index contributed by atoms with van der Waals surface area (Å²) >= 11 is 1.36. The van der Waals surface area contributed by atoms with Crippen molar-refractivity contribution in [3.8, 4) is 0 Å². The van der Waals surface area contributed by atoms with Crippen LogP contribution in [0.25, 0.3) is 10.2 Å². The number of carbonyl (C=O) groups excluding carboxylic acids is 1. The molecule has 2 heterocycles. The number of thiophene rings is 1. The van der Waals surface area contributed by atoms with Crippen LogP contribution in [0.15, 0.2) is 6.33 Å². The lowest BCUT2D eigenvalue weighted by Crippen LogP contribution is -2.20. The van der Waals surface area contributed by atoms with E-state index in [0.29, 0.717) is 23.7 Å². The van der Waals surface area contributed by atoms with Gasteiger partial charge >= 0.3 is 5.97 Å². The van der Waals surface area contributed by atoms with Gasteiger partial charge in [0, 0.05) is 13.2 Å². The van der Waals surface area contributed by atoms with E-state index in [1.807, 2.05) is 6.92 Å². The molecule has 0 aromatic carbocycles. The van der Waals surface area contributed by atoms with Crippen molar-refractivity contribution >= 4 is 33.3 Å². The lowest BCUT2D eigenvalue weighted by molar-refractivity contribution is 0.0216. The van der Waals surface area contributed by atoms with Crippen LogP contribution in [0.5, 0.6) is 0 Å². The number of nitrogens with one attached hydrogen (secondary N) is 1. The van der Waals surface area contributed by atoms with Crippen molar-refractivity contribution in [1.29, 1.82) is 0 Å². The van der Waals surface area contributed by atoms with Crippen molar-refractivity contribution in [2.24, 2.45) is 0 Å². The molecule has 1 fully saturated rings. The third kappa shape index (κ3) is 3.67. The van der Waals surface area contributed by atoms with Gasteiger partial charge in [0.1, 0.15) is 28.0 Å². The molecule has 0 atom stereocenters. The topological polar surface area (TPSA) is 84.3 Å². The average Bonchev–Trinajstić information content (AvgIpc) is 2.94. The number of aryl methyl sites for hydroxylation is 1. The van der Waals surface area contributed by atoms with Gasteiger partial charge in [-0.1, -0.05) is 6.42 Å². The number of esters is 1. The highest BCUT2D eigenvalue weighted by Gasteiger charge is 2.24. The van der Waals surface area contributed by atoms with Crippen LogP contribution in [0.2, 0.25) is 0 Å². The number of anilines is 1. The van der Waals surface area contributed by atoms with Gasteiger partial charge in [-0.2, -0.15) is 0 Å². The van der Waals surface area contributed by atoms with Gasteiger partial charge in [-0.05, 0) is 44.6 Å². The Morgan fingerprint density at radius 2 is 2.17 bits per heavy atom. The number of rotatable bonds is 6. The van der Waals surface area contributed by atoms with E-state index < -0.39 is 0 Å².